The Morgan fingerprint density at radius 2 is 1.84 bits per heavy atom. The fourth-order valence-electron chi connectivity index (χ4n) is 3.13. The largest absolute Gasteiger partial charge is 0.300 e. The zero-order valence-electron chi connectivity index (χ0n) is 14.6. The molecule has 0 bridgehead atoms. The van der Waals surface area contributed by atoms with Gasteiger partial charge in [-0.3, -0.25) is 14.2 Å². The zero-order chi connectivity index (χ0) is 17.6. The molecule has 0 aliphatic rings. The molecule has 25 heavy (non-hydrogen) atoms. The van der Waals surface area contributed by atoms with Crippen LogP contribution in [-0.2, 0) is 12.0 Å². The normalized spacial score (nSPS) is 12.1. The minimum Gasteiger partial charge on any atom is -0.300 e. The minimum atomic E-state index is -0.0417. The van der Waals surface area contributed by atoms with Crippen LogP contribution < -0.4 is 5.56 Å². The highest BCUT2D eigenvalue weighted by molar-refractivity contribution is 5.80. The molecule has 5 heteroatoms. The van der Waals surface area contributed by atoms with Crippen molar-refractivity contribution in [2.24, 2.45) is 0 Å². The van der Waals surface area contributed by atoms with Crippen LogP contribution in [-0.4, -0.2) is 18.9 Å². The second-order valence-corrected chi connectivity index (χ2v) is 7.35. The van der Waals surface area contributed by atoms with Gasteiger partial charge < -0.3 is 4.57 Å². The number of pyridine rings is 1. The van der Waals surface area contributed by atoms with E-state index in [1.54, 1.807) is 24.9 Å². The number of rotatable bonds is 2. The third-order valence-electron chi connectivity index (χ3n) is 4.56. The monoisotopic (exact) mass is 332 g/mol. The van der Waals surface area contributed by atoms with Crippen molar-refractivity contribution in [2.45, 2.75) is 32.7 Å². The summed E-state index contributed by atoms with van der Waals surface area (Å²) in [4.78, 5) is 21.4. The first-order valence-electron chi connectivity index (χ1n) is 8.33. The molecule has 0 aliphatic carbocycles. The van der Waals surface area contributed by atoms with Gasteiger partial charge in [0.15, 0.2) is 0 Å². The lowest BCUT2D eigenvalue weighted by molar-refractivity contribution is 0.590. The topological polar surface area (TPSA) is 52.2 Å². The van der Waals surface area contributed by atoms with E-state index in [1.807, 2.05) is 21.1 Å². The van der Waals surface area contributed by atoms with Crippen LogP contribution in [0.5, 0.6) is 0 Å². The maximum atomic E-state index is 13.1. The smallest absolute Gasteiger partial charge is 0.277 e. The number of nitrogens with zero attached hydrogens (tertiary/aromatic N) is 4. The highest BCUT2D eigenvalue weighted by Gasteiger charge is 2.17. The van der Waals surface area contributed by atoms with E-state index >= 15 is 0 Å². The first-order valence-corrected chi connectivity index (χ1v) is 8.33. The number of hydrogen-bond donors (Lipinski definition) is 0. The second-order valence-electron chi connectivity index (χ2n) is 7.35. The highest BCUT2D eigenvalue weighted by atomic mass is 16.1. The molecule has 0 saturated heterocycles. The first kappa shape index (κ1) is 15.6. The summed E-state index contributed by atoms with van der Waals surface area (Å²) in [6.07, 6.45) is 6.86. The molecular formula is C20H20N4O. The second kappa shape index (κ2) is 5.55. The van der Waals surface area contributed by atoms with Crippen molar-refractivity contribution in [1.29, 1.82) is 0 Å². The van der Waals surface area contributed by atoms with E-state index in [4.69, 9.17) is 0 Å². The van der Waals surface area contributed by atoms with Crippen LogP contribution in [0.3, 0.4) is 0 Å². The van der Waals surface area contributed by atoms with Crippen LogP contribution in [0.4, 0.5) is 0 Å². The van der Waals surface area contributed by atoms with Gasteiger partial charge in [-0.05, 0) is 34.7 Å². The Kier molecular flexibility index (Phi) is 3.46. The van der Waals surface area contributed by atoms with Crippen molar-refractivity contribution < 1.29 is 0 Å². The van der Waals surface area contributed by atoms with Gasteiger partial charge in [0.25, 0.3) is 5.56 Å². The third kappa shape index (κ3) is 2.61. The molecular weight excluding hydrogens is 312 g/mol. The van der Waals surface area contributed by atoms with Gasteiger partial charge >= 0.3 is 0 Å². The number of hydrogen-bond acceptors (Lipinski definition) is 3. The Bertz CT molecular complexity index is 1120. The SMILES string of the molecule is CC(C)(C)c1ccc2c(c1)n(Cc1cccnc1)c(=O)c1cncn12. The van der Waals surface area contributed by atoms with Gasteiger partial charge in [-0.1, -0.05) is 32.9 Å². The van der Waals surface area contributed by atoms with E-state index in [1.165, 1.54) is 5.56 Å². The van der Waals surface area contributed by atoms with E-state index in [9.17, 15) is 4.79 Å². The Labute approximate surface area is 145 Å². The molecule has 5 nitrogen and oxygen atoms in total. The van der Waals surface area contributed by atoms with Gasteiger partial charge in [-0.25, -0.2) is 4.98 Å². The molecule has 1 aromatic carbocycles. The molecule has 0 spiro atoms. The van der Waals surface area contributed by atoms with Crippen LogP contribution in [0.15, 0.2) is 60.0 Å². The van der Waals surface area contributed by atoms with Gasteiger partial charge in [0.2, 0.25) is 0 Å². The molecule has 4 aromatic rings. The standard InChI is InChI=1S/C20H20N4O/c1-20(2,3)15-6-7-16-17(9-15)23(12-14-5-4-8-21-10-14)19(25)18-11-22-13-24(16)18/h4-11,13H,12H2,1-3H3. The molecule has 0 atom stereocenters. The Morgan fingerprint density at radius 3 is 2.56 bits per heavy atom. The van der Waals surface area contributed by atoms with Crippen LogP contribution in [0.25, 0.3) is 16.6 Å². The fourth-order valence-corrected chi connectivity index (χ4v) is 3.13. The summed E-state index contributed by atoms with van der Waals surface area (Å²) in [5.41, 5.74) is 4.62. The molecule has 0 saturated carbocycles. The van der Waals surface area contributed by atoms with E-state index < -0.39 is 0 Å². The lowest BCUT2D eigenvalue weighted by Crippen LogP contribution is -2.24. The van der Waals surface area contributed by atoms with Crippen LogP contribution in [0.2, 0.25) is 0 Å². The lowest BCUT2D eigenvalue weighted by Gasteiger charge is -2.21. The van der Waals surface area contributed by atoms with E-state index in [-0.39, 0.29) is 11.0 Å². The molecule has 0 amide bonds. The predicted molar refractivity (Wildman–Crippen MR) is 99.0 cm³/mol. The summed E-state index contributed by atoms with van der Waals surface area (Å²) in [5.74, 6) is 0. The average Bonchev–Trinajstić information content (AvgIpc) is 3.08. The Morgan fingerprint density at radius 1 is 1.00 bits per heavy atom. The molecule has 0 N–H and O–H groups in total. The number of fused-ring (bicyclic) bond motifs is 3. The minimum absolute atomic E-state index is 0.00721. The Balaban J connectivity index is 2.05. The zero-order valence-corrected chi connectivity index (χ0v) is 14.6. The summed E-state index contributed by atoms with van der Waals surface area (Å²) >= 11 is 0. The van der Waals surface area contributed by atoms with Crippen molar-refractivity contribution >= 4 is 16.6 Å². The van der Waals surface area contributed by atoms with E-state index in [0.29, 0.717) is 12.1 Å². The van der Waals surface area contributed by atoms with E-state index in [0.717, 1.165) is 16.6 Å². The van der Waals surface area contributed by atoms with Gasteiger partial charge in [-0.15, -0.1) is 0 Å². The van der Waals surface area contributed by atoms with Crippen molar-refractivity contribution in [3.05, 3.63) is 76.7 Å². The fraction of sp³-hybridized carbons (Fsp3) is 0.250. The molecule has 0 aliphatic heterocycles. The van der Waals surface area contributed by atoms with Crippen molar-refractivity contribution in [3.63, 3.8) is 0 Å². The van der Waals surface area contributed by atoms with Crippen LogP contribution in [0, 0.1) is 0 Å². The predicted octanol–water partition coefficient (Wildman–Crippen LogP) is 3.39. The average molecular weight is 332 g/mol. The lowest BCUT2D eigenvalue weighted by atomic mass is 9.87. The van der Waals surface area contributed by atoms with Crippen molar-refractivity contribution in [1.82, 2.24) is 18.9 Å². The number of imidazole rings is 1. The van der Waals surface area contributed by atoms with Gasteiger partial charge in [0, 0.05) is 12.4 Å². The molecule has 126 valence electrons. The highest BCUT2D eigenvalue weighted by Crippen LogP contribution is 2.26. The number of aromatic nitrogens is 4. The van der Waals surface area contributed by atoms with Crippen LogP contribution in [0.1, 0.15) is 31.9 Å². The van der Waals surface area contributed by atoms with E-state index in [2.05, 4.69) is 48.9 Å². The Hall–Kier alpha value is -2.95. The van der Waals surface area contributed by atoms with Crippen LogP contribution >= 0.6 is 0 Å². The quantitative estimate of drug-likeness (QED) is 0.565. The van der Waals surface area contributed by atoms with Gasteiger partial charge in [-0.2, -0.15) is 0 Å². The molecule has 4 rings (SSSR count). The maximum absolute atomic E-state index is 13.1. The molecule has 0 fully saturated rings. The van der Waals surface area contributed by atoms with Crippen molar-refractivity contribution in [2.75, 3.05) is 0 Å². The van der Waals surface area contributed by atoms with Gasteiger partial charge in [0.1, 0.15) is 5.52 Å². The van der Waals surface area contributed by atoms with Gasteiger partial charge in [0.05, 0.1) is 30.1 Å². The summed E-state index contributed by atoms with van der Waals surface area (Å²) in [6.45, 7) is 7.01. The first-order chi connectivity index (χ1) is 11.9. The maximum Gasteiger partial charge on any atom is 0.277 e. The number of benzene rings is 1. The summed E-state index contributed by atoms with van der Waals surface area (Å²) in [6, 6.07) is 10.2. The summed E-state index contributed by atoms with van der Waals surface area (Å²) in [7, 11) is 0. The molecule has 0 unspecified atom stereocenters. The molecule has 3 heterocycles. The third-order valence-corrected chi connectivity index (χ3v) is 4.56. The molecule has 3 aromatic heterocycles. The molecule has 0 radical (unpaired) electrons. The summed E-state index contributed by atoms with van der Waals surface area (Å²) < 4.78 is 3.68. The summed E-state index contributed by atoms with van der Waals surface area (Å²) in [5, 5.41) is 0. The van der Waals surface area contributed by atoms with Crippen molar-refractivity contribution in [3.8, 4) is 0 Å².